The van der Waals surface area contributed by atoms with Gasteiger partial charge in [0.05, 0.1) is 6.10 Å². The molecule has 3 heteroatoms. The Bertz CT molecular complexity index is 378. The van der Waals surface area contributed by atoms with Crippen molar-refractivity contribution in [3.8, 4) is 5.75 Å². The quantitative estimate of drug-likeness (QED) is 0.838. The normalized spacial score (nSPS) is 23.9. The minimum absolute atomic E-state index is 0.0340. The molecule has 0 radical (unpaired) electrons. The largest absolute Gasteiger partial charge is 0.487 e. The summed E-state index contributed by atoms with van der Waals surface area (Å²) in [6, 6.07) is 6.19. The van der Waals surface area contributed by atoms with Crippen molar-refractivity contribution in [2.24, 2.45) is 0 Å². The Kier molecular flexibility index (Phi) is 4.02. The van der Waals surface area contributed by atoms with E-state index < -0.39 is 0 Å². The topological polar surface area (TPSA) is 41.5 Å². The van der Waals surface area contributed by atoms with Crippen molar-refractivity contribution in [3.05, 3.63) is 29.3 Å². The zero-order chi connectivity index (χ0) is 12.3. The third-order valence-electron chi connectivity index (χ3n) is 3.28. The van der Waals surface area contributed by atoms with Crippen LogP contribution < -0.4 is 10.1 Å². The molecule has 0 saturated heterocycles. The van der Waals surface area contributed by atoms with E-state index in [9.17, 15) is 5.11 Å². The van der Waals surface area contributed by atoms with E-state index in [0.29, 0.717) is 0 Å². The van der Waals surface area contributed by atoms with Crippen LogP contribution in [0.1, 0.15) is 30.4 Å². The number of ether oxygens (including phenoxy) is 1. The lowest BCUT2D eigenvalue weighted by molar-refractivity contribution is 0.0597. The van der Waals surface area contributed by atoms with Crippen molar-refractivity contribution >= 4 is 0 Å². The van der Waals surface area contributed by atoms with Gasteiger partial charge >= 0.3 is 0 Å². The molecular weight excluding hydrogens is 214 g/mol. The lowest BCUT2D eigenvalue weighted by Crippen LogP contribution is -2.26. The minimum atomic E-state index is -0.307. The number of aliphatic hydroxyl groups is 1. The molecule has 1 aromatic carbocycles. The summed E-state index contributed by atoms with van der Waals surface area (Å²) in [6.45, 7) is 2.87. The number of hydrogen-bond donors (Lipinski definition) is 2. The fourth-order valence-electron chi connectivity index (χ4n) is 2.36. The highest BCUT2D eigenvalue weighted by Gasteiger charge is 2.27. The number of nitrogens with one attached hydrogen (secondary N) is 1. The van der Waals surface area contributed by atoms with Gasteiger partial charge in [0.1, 0.15) is 11.9 Å². The van der Waals surface area contributed by atoms with E-state index >= 15 is 0 Å². The van der Waals surface area contributed by atoms with Gasteiger partial charge in [-0.25, -0.2) is 0 Å². The number of rotatable bonds is 4. The predicted molar refractivity (Wildman–Crippen MR) is 68.2 cm³/mol. The van der Waals surface area contributed by atoms with Gasteiger partial charge in [0.15, 0.2) is 0 Å². The molecule has 2 unspecified atom stereocenters. The van der Waals surface area contributed by atoms with Crippen LogP contribution in [0.5, 0.6) is 5.75 Å². The van der Waals surface area contributed by atoms with Crippen LogP contribution in [0.3, 0.4) is 0 Å². The molecule has 94 valence electrons. The van der Waals surface area contributed by atoms with Gasteiger partial charge in [-0.05, 0) is 39.3 Å². The fraction of sp³-hybridized carbons (Fsp3) is 0.571. The highest BCUT2D eigenvalue weighted by atomic mass is 16.5. The van der Waals surface area contributed by atoms with Crippen LogP contribution in [-0.4, -0.2) is 24.4 Å². The third-order valence-corrected chi connectivity index (χ3v) is 3.28. The van der Waals surface area contributed by atoms with Crippen LogP contribution in [-0.2, 0) is 6.54 Å². The van der Waals surface area contributed by atoms with Crippen molar-refractivity contribution in [1.29, 1.82) is 0 Å². The summed E-state index contributed by atoms with van der Waals surface area (Å²) in [5.41, 5.74) is 2.39. The van der Waals surface area contributed by atoms with Gasteiger partial charge in [0.2, 0.25) is 0 Å². The molecule has 1 aromatic rings. The van der Waals surface area contributed by atoms with Crippen molar-refractivity contribution in [1.82, 2.24) is 5.32 Å². The van der Waals surface area contributed by atoms with Crippen LogP contribution >= 0.6 is 0 Å². The molecule has 2 atom stereocenters. The van der Waals surface area contributed by atoms with Gasteiger partial charge in [-0.1, -0.05) is 17.7 Å². The highest BCUT2D eigenvalue weighted by molar-refractivity contribution is 5.37. The SMILES string of the molecule is CNCc1cc(C)ccc1OC1CCCC1O. The van der Waals surface area contributed by atoms with Crippen molar-refractivity contribution in [2.45, 2.75) is 44.9 Å². The molecule has 1 aliphatic carbocycles. The van der Waals surface area contributed by atoms with Crippen LogP contribution in [0.25, 0.3) is 0 Å². The Labute approximate surface area is 103 Å². The molecule has 0 spiro atoms. The smallest absolute Gasteiger partial charge is 0.124 e. The van der Waals surface area contributed by atoms with Gasteiger partial charge < -0.3 is 15.2 Å². The average Bonchev–Trinajstić information content (AvgIpc) is 2.69. The van der Waals surface area contributed by atoms with Gasteiger partial charge in [-0.2, -0.15) is 0 Å². The second-order valence-electron chi connectivity index (χ2n) is 4.80. The molecule has 2 rings (SSSR count). The molecule has 2 N–H and O–H groups in total. The van der Waals surface area contributed by atoms with E-state index in [1.807, 2.05) is 13.1 Å². The molecule has 0 aliphatic heterocycles. The van der Waals surface area contributed by atoms with Gasteiger partial charge in [-0.3, -0.25) is 0 Å². The second-order valence-corrected chi connectivity index (χ2v) is 4.80. The highest BCUT2D eigenvalue weighted by Crippen LogP contribution is 2.27. The lowest BCUT2D eigenvalue weighted by atomic mass is 10.1. The van der Waals surface area contributed by atoms with Gasteiger partial charge in [0, 0.05) is 12.1 Å². The third kappa shape index (κ3) is 2.99. The number of benzene rings is 1. The van der Waals surface area contributed by atoms with Crippen LogP contribution in [0.2, 0.25) is 0 Å². The summed E-state index contributed by atoms with van der Waals surface area (Å²) in [6.07, 6.45) is 2.53. The molecule has 0 amide bonds. The van der Waals surface area contributed by atoms with Crippen molar-refractivity contribution in [3.63, 3.8) is 0 Å². The maximum absolute atomic E-state index is 9.79. The van der Waals surface area contributed by atoms with Crippen LogP contribution in [0.15, 0.2) is 18.2 Å². The Balaban J connectivity index is 2.13. The minimum Gasteiger partial charge on any atom is -0.487 e. The van der Waals surface area contributed by atoms with E-state index in [1.54, 1.807) is 0 Å². The average molecular weight is 235 g/mol. The molecule has 17 heavy (non-hydrogen) atoms. The number of aliphatic hydroxyl groups excluding tert-OH is 1. The lowest BCUT2D eigenvalue weighted by Gasteiger charge is -2.19. The standard InChI is InChI=1S/C14H21NO2/c1-10-6-7-13(11(8-10)9-15-2)17-14-5-3-4-12(14)16/h6-8,12,14-16H,3-5,9H2,1-2H3. The van der Waals surface area contributed by atoms with Gasteiger partial charge in [0.25, 0.3) is 0 Å². The maximum atomic E-state index is 9.79. The zero-order valence-electron chi connectivity index (χ0n) is 10.6. The first-order valence-corrected chi connectivity index (χ1v) is 6.29. The van der Waals surface area contributed by atoms with E-state index in [2.05, 4.69) is 24.4 Å². The number of hydrogen-bond acceptors (Lipinski definition) is 3. The summed E-state index contributed by atoms with van der Waals surface area (Å²) in [4.78, 5) is 0. The Morgan fingerprint density at radius 3 is 2.88 bits per heavy atom. The van der Waals surface area contributed by atoms with Crippen molar-refractivity contribution in [2.75, 3.05) is 7.05 Å². The predicted octanol–water partition coefficient (Wildman–Crippen LogP) is 2.01. The van der Waals surface area contributed by atoms with E-state index in [-0.39, 0.29) is 12.2 Å². The van der Waals surface area contributed by atoms with Crippen LogP contribution in [0, 0.1) is 6.92 Å². The summed E-state index contributed by atoms with van der Waals surface area (Å²) >= 11 is 0. The summed E-state index contributed by atoms with van der Waals surface area (Å²) < 4.78 is 5.94. The van der Waals surface area contributed by atoms with E-state index in [4.69, 9.17) is 4.74 Å². The first-order valence-electron chi connectivity index (χ1n) is 6.29. The molecule has 3 nitrogen and oxygen atoms in total. The molecule has 1 fully saturated rings. The second kappa shape index (κ2) is 5.52. The fourth-order valence-corrected chi connectivity index (χ4v) is 2.36. The van der Waals surface area contributed by atoms with Crippen molar-refractivity contribution < 1.29 is 9.84 Å². The molecule has 1 saturated carbocycles. The van der Waals surface area contributed by atoms with Crippen LogP contribution in [0.4, 0.5) is 0 Å². The number of aryl methyl sites for hydroxylation is 1. The first kappa shape index (κ1) is 12.4. The Morgan fingerprint density at radius 2 is 2.24 bits per heavy atom. The van der Waals surface area contributed by atoms with E-state index in [0.717, 1.165) is 37.1 Å². The summed E-state index contributed by atoms with van der Waals surface area (Å²) in [5.74, 6) is 0.899. The Morgan fingerprint density at radius 1 is 1.41 bits per heavy atom. The monoisotopic (exact) mass is 235 g/mol. The molecular formula is C14H21NO2. The summed E-state index contributed by atoms with van der Waals surface area (Å²) in [5, 5.41) is 12.9. The molecule has 0 bridgehead atoms. The zero-order valence-corrected chi connectivity index (χ0v) is 10.6. The summed E-state index contributed by atoms with van der Waals surface area (Å²) in [7, 11) is 1.93. The molecule has 1 aliphatic rings. The van der Waals surface area contributed by atoms with Gasteiger partial charge in [-0.15, -0.1) is 0 Å². The maximum Gasteiger partial charge on any atom is 0.124 e. The molecule has 0 heterocycles. The first-order chi connectivity index (χ1) is 8.20. The Hall–Kier alpha value is -1.06. The molecule has 0 aromatic heterocycles. The van der Waals surface area contributed by atoms with E-state index in [1.165, 1.54) is 5.56 Å².